The zero-order chi connectivity index (χ0) is 32.2. The number of phenolic OH excluding ortho intramolecular Hbond substituents is 1. The molecule has 15 heteroatoms. The van der Waals surface area contributed by atoms with E-state index in [0.717, 1.165) is 0 Å². The number of halogens is 3. The van der Waals surface area contributed by atoms with E-state index in [9.17, 15) is 48.0 Å². The van der Waals surface area contributed by atoms with Crippen LogP contribution in [0.4, 0.5) is 18.9 Å². The van der Waals surface area contributed by atoms with Gasteiger partial charge in [0.15, 0.2) is 17.1 Å². The highest BCUT2D eigenvalue weighted by molar-refractivity contribution is 6.25. The number of likely N-dealkylation sites (N-methyl/N-ethyl adjacent to an activating group) is 1. The number of anilines is 1. The first-order valence-electron chi connectivity index (χ1n) is 14.3. The summed E-state index contributed by atoms with van der Waals surface area (Å²) in [4.78, 5) is 43.3. The van der Waals surface area contributed by atoms with Crippen LogP contribution in [0.1, 0.15) is 47.3 Å². The lowest BCUT2D eigenvalue weighted by Gasteiger charge is -2.50. The van der Waals surface area contributed by atoms with Crippen LogP contribution in [0.25, 0.3) is 0 Å². The van der Waals surface area contributed by atoms with Crippen molar-refractivity contribution in [2.45, 2.75) is 50.2 Å². The van der Waals surface area contributed by atoms with E-state index in [-0.39, 0.29) is 42.1 Å². The van der Waals surface area contributed by atoms with Gasteiger partial charge in [0.1, 0.15) is 22.8 Å². The summed E-state index contributed by atoms with van der Waals surface area (Å²) in [7, 11) is 3.29. The van der Waals surface area contributed by atoms with Crippen LogP contribution >= 0.6 is 0 Å². The van der Waals surface area contributed by atoms with E-state index in [4.69, 9.17) is 5.73 Å². The molecule has 1 fully saturated rings. The number of Topliss-reactive ketones (excluding diaryl/α,β-unsaturated/α-hetero) is 2. The molecule has 0 spiro atoms. The molecule has 7 N–H and O–H groups in total. The van der Waals surface area contributed by atoms with Crippen molar-refractivity contribution >= 4 is 23.2 Å². The summed E-state index contributed by atoms with van der Waals surface area (Å²) in [5.74, 6) is -9.35. The molecule has 3 aliphatic carbocycles. The van der Waals surface area contributed by atoms with E-state index in [1.807, 2.05) is 4.90 Å². The summed E-state index contributed by atoms with van der Waals surface area (Å²) >= 11 is 0. The number of aliphatic hydroxyl groups excluding tert-OH is 2. The Morgan fingerprint density at radius 2 is 1.93 bits per heavy atom. The van der Waals surface area contributed by atoms with Crippen LogP contribution in [0.2, 0.25) is 0 Å². The third-order valence-electron chi connectivity index (χ3n) is 10.1. The minimum Gasteiger partial charge on any atom is -0.510 e. The number of ether oxygens (including phenoxy) is 1. The van der Waals surface area contributed by atoms with E-state index in [1.165, 1.54) is 11.9 Å². The number of primary amides is 1. The van der Waals surface area contributed by atoms with Crippen molar-refractivity contribution < 1.29 is 52.7 Å². The fourth-order valence-electron chi connectivity index (χ4n) is 8.11. The monoisotopic (exact) mass is 622 g/mol. The number of carbonyl (C=O) groups is 3. The van der Waals surface area contributed by atoms with E-state index in [1.54, 1.807) is 14.0 Å². The average molecular weight is 623 g/mol. The Kier molecular flexibility index (Phi) is 6.76. The van der Waals surface area contributed by atoms with Crippen LogP contribution in [0.3, 0.4) is 0 Å². The van der Waals surface area contributed by atoms with Crippen LogP contribution in [-0.2, 0) is 16.0 Å². The molecule has 44 heavy (non-hydrogen) atoms. The van der Waals surface area contributed by atoms with Crippen molar-refractivity contribution in [3.8, 4) is 11.5 Å². The molecular weight excluding hydrogens is 589 g/mol. The number of amides is 1. The number of aliphatic hydroxyl groups is 3. The fraction of sp³-hybridized carbons (Fsp3) is 0.552. The second-order valence-corrected chi connectivity index (χ2v) is 12.3. The third kappa shape index (κ3) is 3.98. The van der Waals surface area contributed by atoms with E-state index in [0.29, 0.717) is 19.5 Å². The highest BCUT2D eigenvalue weighted by Gasteiger charge is 2.64. The molecule has 5 aliphatic rings. The summed E-state index contributed by atoms with van der Waals surface area (Å²) in [5, 5.41) is 48.8. The number of benzene rings is 1. The Balaban J connectivity index is 1.59. The molecule has 0 bridgehead atoms. The molecule has 2 aliphatic heterocycles. The zero-order valence-corrected chi connectivity index (χ0v) is 24.2. The summed E-state index contributed by atoms with van der Waals surface area (Å²) in [6.45, 7) is 2.86. The first kappa shape index (κ1) is 30.2. The molecule has 1 amide bonds. The third-order valence-corrected chi connectivity index (χ3v) is 10.1. The Hall–Kier alpha value is -3.82. The number of nitrogens with zero attached hydrogens (tertiary/aromatic N) is 2. The molecule has 1 saturated heterocycles. The zero-order valence-electron chi connectivity index (χ0n) is 24.2. The number of phenols is 1. The van der Waals surface area contributed by atoms with E-state index < -0.39 is 93.1 Å². The van der Waals surface area contributed by atoms with Crippen molar-refractivity contribution in [2.24, 2.45) is 23.5 Å². The largest absolute Gasteiger partial charge is 0.573 e. The van der Waals surface area contributed by atoms with Gasteiger partial charge in [-0.15, -0.1) is 13.2 Å². The minimum absolute atomic E-state index is 0.0784. The summed E-state index contributed by atoms with van der Waals surface area (Å²) in [6, 6.07) is -1.75. The number of rotatable bonds is 4. The van der Waals surface area contributed by atoms with Gasteiger partial charge in [0.25, 0.3) is 5.91 Å². The van der Waals surface area contributed by atoms with Gasteiger partial charge in [0.2, 0.25) is 5.78 Å². The van der Waals surface area contributed by atoms with Gasteiger partial charge in [-0.25, -0.2) is 0 Å². The average Bonchev–Trinajstić information content (AvgIpc) is 3.32. The molecule has 2 unspecified atom stereocenters. The number of nitrogens with two attached hydrogens (primary N) is 1. The molecular formula is C29H33F3N4O8. The van der Waals surface area contributed by atoms with Crippen molar-refractivity contribution in [2.75, 3.05) is 39.0 Å². The van der Waals surface area contributed by atoms with Gasteiger partial charge in [0, 0.05) is 35.2 Å². The minimum atomic E-state index is -5.15. The smallest absolute Gasteiger partial charge is 0.510 e. The number of ketones is 2. The molecule has 12 nitrogen and oxygen atoms in total. The maximum atomic E-state index is 14.1. The second kappa shape index (κ2) is 9.84. The van der Waals surface area contributed by atoms with Crippen molar-refractivity contribution in [3.63, 3.8) is 0 Å². The topological polar surface area (TPSA) is 186 Å². The highest BCUT2D eigenvalue weighted by Crippen LogP contribution is 2.58. The Bertz CT molecular complexity index is 1570. The quantitative estimate of drug-likeness (QED) is 0.213. The van der Waals surface area contributed by atoms with Crippen molar-refractivity contribution in [1.29, 1.82) is 0 Å². The molecule has 0 radical (unpaired) electrons. The van der Waals surface area contributed by atoms with Crippen LogP contribution < -0.4 is 15.8 Å². The number of fused-ring (bicyclic) bond motifs is 6. The summed E-state index contributed by atoms with van der Waals surface area (Å²) < 4.78 is 46.5. The van der Waals surface area contributed by atoms with E-state index >= 15 is 0 Å². The number of carbonyl (C=O) groups excluding carboxylic acids is 3. The number of likely N-dealkylation sites (tertiary alicyclic amines) is 1. The SMILES string of the molecule is CCN(C)[C@@H]1C(O)=C(C(N)=O)C(=O)[C@@]2(O)C(O)=C3C(=O)c4c(O)c5c(c(OC(F)(F)F)c4C[C@H]3C[C@@H]12)C1C(CCN1C)CN5. The van der Waals surface area contributed by atoms with Crippen molar-refractivity contribution in [1.82, 2.24) is 9.80 Å². The van der Waals surface area contributed by atoms with Crippen LogP contribution in [0.15, 0.2) is 22.7 Å². The molecule has 0 aromatic heterocycles. The summed E-state index contributed by atoms with van der Waals surface area (Å²) in [6.07, 6.45) is -5.05. The number of aromatic hydroxyl groups is 1. The molecule has 238 valence electrons. The lowest BCUT2D eigenvalue weighted by molar-refractivity contribution is -0.275. The number of hydrogen-bond acceptors (Lipinski definition) is 11. The van der Waals surface area contributed by atoms with Gasteiger partial charge in [0.05, 0.1) is 17.3 Å². The lowest BCUT2D eigenvalue weighted by atomic mass is 9.58. The second-order valence-electron chi connectivity index (χ2n) is 12.3. The van der Waals surface area contributed by atoms with Gasteiger partial charge in [-0.1, -0.05) is 6.92 Å². The summed E-state index contributed by atoms with van der Waals surface area (Å²) in [5.41, 5.74) is 0.327. The molecule has 1 aromatic rings. The fourth-order valence-corrected chi connectivity index (χ4v) is 8.11. The predicted octanol–water partition coefficient (Wildman–Crippen LogP) is 1.83. The number of nitrogens with one attached hydrogen (secondary N) is 1. The first-order valence-corrected chi connectivity index (χ1v) is 14.3. The van der Waals surface area contributed by atoms with Gasteiger partial charge in [-0.05, 0) is 58.3 Å². The van der Waals surface area contributed by atoms with Gasteiger partial charge in [-0.2, -0.15) is 0 Å². The van der Waals surface area contributed by atoms with Gasteiger partial charge >= 0.3 is 6.36 Å². The van der Waals surface area contributed by atoms with Crippen LogP contribution in [0, 0.1) is 17.8 Å². The van der Waals surface area contributed by atoms with E-state index in [2.05, 4.69) is 10.1 Å². The van der Waals surface area contributed by atoms with Crippen LogP contribution in [-0.4, -0.2) is 99.4 Å². The standard InChI is InChI=1S/C29H33F3N4O8/c1-4-35(2)20-13-8-11-7-12-15(21(37)14(11)25(40)28(13,43)26(41)17(23(20)39)27(33)42)22(38)18-16(24(12)44-29(30,31)32)19-10(9-34-18)5-6-36(19)3/h10-11,13,19-20,34,38-40,43H,4-9H2,1-3H3,(H2,33,42)/t10?,11-,13-,19?,20-,28-/m0/s1. The number of alkyl halides is 3. The maximum absolute atomic E-state index is 14.1. The Morgan fingerprint density at radius 1 is 1.25 bits per heavy atom. The van der Waals surface area contributed by atoms with Crippen LogP contribution in [0.5, 0.6) is 11.5 Å². The Morgan fingerprint density at radius 3 is 2.55 bits per heavy atom. The number of allylic oxidation sites excluding steroid dienone is 1. The molecule has 1 aromatic carbocycles. The normalized spacial score (nSPS) is 31.7. The molecule has 2 heterocycles. The van der Waals surface area contributed by atoms with Gasteiger partial charge < -0.3 is 36.2 Å². The highest BCUT2D eigenvalue weighted by atomic mass is 19.4. The number of hydrogen-bond donors (Lipinski definition) is 6. The molecule has 6 atom stereocenters. The predicted molar refractivity (Wildman–Crippen MR) is 147 cm³/mol. The first-order chi connectivity index (χ1) is 20.5. The maximum Gasteiger partial charge on any atom is 0.573 e. The molecule has 0 saturated carbocycles. The lowest BCUT2D eigenvalue weighted by Crippen LogP contribution is -2.64. The Labute approximate surface area is 249 Å². The van der Waals surface area contributed by atoms with Crippen molar-refractivity contribution in [3.05, 3.63) is 39.4 Å². The molecule has 6 rings (SSSR count). The van der Waals surface area contributed by atoms with Gasteiger partial charge in [-0.3, -0.25) is 24.2 Å².